The molecule has 3 heterocycles. The number of hydrogen-bond acceptors (Lipinski definition) is 8. The van der Waals surface area contributed by atoms with Gasteiger partial charge in [-0.05, 0) is 12.1 Å². The number of benzene rings is 1. The summed E-state index contributed by atoms with van der Waals surface area (Å²) in [5.41, 5.74) is 7.14. The minimum atomic E-state index is -0.402. The largest absolute Gasteiger partial charge is 0.485 e. The van der Waals surface area contributed by atoms with Crippen molar-refractivity contribution in [3.63, 3.8) is 0 Å². The molecule has 0 bridgehead atoms. The molecule has 160 valence electrons. The summed E-state index contributed by atoms with van der Waals surface area (Å²) in [6.45, 7) is 0.848. The van der Waals surface area contributed by atoms with Crippen LogP contribution in [-0.2, 0) is 13.5 Å². The number of hydrogen-bond donors (Lipinski definition) is 2. The number of rotatable bonds is 5. The molecule has 31 heavy (non-hydrogen) atoms. The lowest BCUT2D eigenvalue weighted by Gasteiger charge is -2.22. The van der Waals surface area contributed by atoms with Crippen molar-refractivity contribution in [3.05, 3.63) is 57.5 Å². The zero-order valence-corrected chi connectivity index (χ0v) is 17.3. The number of halogens is 1. The molecule has 0 saturated carbocycles. The molecule has 1 amide bonds. The van der Waals surface area contributed by atoms with Crippen LogP contribution in [0.25, 0.3) is 11.4 Å². The van der Waals surface area contributed by atoms with Gasteiger partial charge in [0.1, 0.15) is 25.4 Å². The Morgan fingerprint density at radius 1 is 1.26 bits per heavy atom. The number of amides is 1. The first kappa shape index (κ1) is 20.6. The minimum Gasteiger partial charge on any atom is -0.485 e. The highest BCUT2D eigenvalue weighted by molar-refractivity contribution is 6.34. The molecule has 3 aromatic rings. The number of nitrogens with one attached hydrogen (secondary N) is 1. The van der Waals surface area contributed by atoms with Crippen LogP contribution in [0.15, 0.2) is 35.5 Å². The number of nitrogens with two attached hydrogens (primary N) is 1. The quantitative estimate of drug-likeness (QED) is 0.563. The zero-order chi connectivity index (χ0) is 22.0. The lowest BCUT2D eigenvalue weighted by atomic mass is 10.1. The van der Waals surface area contributed by atoms with Gasteiger partial charge in [0.2, 0.25) is 0 Å². The van der Waals surface area contributed by atoms with Crippen molar-refractivity contribution in [2.75, 3.05) is 25.5 Å². The van der Waals surface area contributed by atoms with Gasteiger partial charge in [0.15, 0.2) is 11.5 Å². The fourth-order valence-corrected chi connectivity index (χ4v) is 3.33. The van der Waals surface area contributed by atoms with E-state index >= 15 is 0 Å². The van der Waals surface area contributed by atoms with Gasteiger partial charge in [0, 0.05) is 32.3 Å². The van der Waals surface area contributed by atoms with Gasteiger partial charge < -0.3 is 20.5 Å². The minimum absolute atomic E-state index is 0.205. The molecule has 0 aliphatic carbocycles. The molecule has 0 radical (unpaired) electrons. The van der Waals surface area contributed by atoms with E-state index in [2.05, 4.69) is 20.3 Å². The number of ether oxygens (including phenoxy) is 2. The molecule has 4 rings (SSSR count). The Balaban J connectivity index is 1.52. The Labute approximate surface area is 182 Å². The molecule has 1 aliphatic rings. The van der Waals surface area contributed by atoms with E-state index in [1.54, 1.807) is 19.3 Å². The van der Waals surface area contributed by atoms with Crippen molar-refractivity contribution in [2.45, 2.75) is 6.42 Å². The van der Waals surface area contributed by atoms with Crippen LogP contribution in [0.2, 0.25) is 5.02 Å². The van der Waals surface area contributed by atoms with E-state index in [0.717, 1.165) is 0 Å². The number of carbonyl (C=O) groups is 1. The third-order valence-corrected chi connectivity index (χ3v) is 5.06. The second-order valence-electron chi connectivity index (χ2n) is 6.73. The Bertz CT molecular complexity index is 1200. The standard InChI is InChI=1S/C20H19ClN6O4/c1-27-15(26-14(9-16(27)28)13-2-4-23-10-25-13)3-5-24-20(29)11-8-12(21)17(22)19-18(11)30-6-7-31-19/h2,4,8-10H,3,5-7,22H2,1H3,(H,24,29). The van der Waals surface area contributed by atoms with E-state index in [9.17, 15) is 9.59 Å². The number of fused-ring (bicyclic) bond motifs is 1. The maximum absolute atomic E-state index is 12.8. The van der Waals surface area contributed by atoms with Crippen molar-refractivity contribution >= 4 is 23.2 Å². The van der Waals surface area contributed by atoms with Crippen LogP contribution in [0.4, 0.5) is 5.69 Å². The van der Waals surface area contributed by atoms with E-state index in [0.29, 0.717) is 36.8 Å². The van der Waals surface area contributed by atoms with Gasteiger partial charge in [-0.15, -0.1) is 0 Å². The first-order valence-corrected chi connectivity index (χ1v) is 9.82. The molecule has 2 aromatic heterocycles. The highest BCUT2D eigenvalue weighted by Gasteiger charge is 2.25. The molecule has 3 N–H and O–H groups in total. The van der Waals surface area contributed by atoms with Crippen molar-refractivity contribution < 1.29 is 14.3 Å². The maximum atomic E-state index is 12.8. The number of nitrogens with zero attached hydrogens (tertiary/aromatic N) is 4. The van der Waals surface area contributed by atoms with Gasteiger partial charge in [-0.2, -0.15) is 0 Å². The Morgan fingerprint density at radius 2 is 2.03 bits per heavy atom. The number of anilines is 1. The molecule has 0 unspecified atom stereocenters. The molecular weight excluding hydrogens is 424 g/mol. The summed E-state index contributed by atoms with van der Waals surface area (Å²) in [6.07, 6.45) is 3.28. The van der Waals surface area contributed by atoms with Crippen LogP contribution in [0.3, 0.4) is 0 Å². The van der Waals surface area contributed by atoms with E-state index in [-0.39, 0.29) is 39.9 Å². The van der Waals surface area contributed by atoms with Crippen LogP contribution >= 0.6 is 11.6 Å². The van der Waals surface area contributed by atoms with Crippen molar-refractivity contribution in [1.29, 1.82) is 0 Å². The van der Waals surface area contributed by atoms with Crippen LogP contribution in [0.1, 0.15) is 16.2 Å². The summed E-state index contributed by atoms with van der Waals surface area (Å²) >= 11 is 6.14. The summed E-state index contributed by atoms with van der Waals surface area (Å²) in [6, 6.07) is 4.53. The molecule has 0 fully saturated rings. The van der Waals surface area contributed by atoms with Gasteiger partial charge in [-0.1, -0.05) is 11.6 Å². The Morgan fingerprint density at radius 3 is 2.77 bits per heavy atom. The molecule has 11 heteroatoms. The maximum Gasteiger partial charge on any atom is 0.255 e. The topological polar surface area (TPSA) is 134 Å². The summed E-state index contributed by atoms with van der Waals surface area (Å²) in [4.78, 5) is 37.6. The van der Waals surface area contributed by atoms with E-state index in [1.807, 2.05) is 0 Å². The summed E-state index contributed by atoms with van der Waals surface area (Å²) in [7, 11) is 1.62. The lowest BCUT2D eigenvalue weighted by molar-refractivity contribution is 0.0943. The van der Waals surface area contributed by atoms with Crippen LogP contribution in [-0.4, -0.2) is 45.2 Å². The molecule has 0 spiro atoms. The molecule has 1 aliphatic heterocycles. The third-order valence-electron chi connectivity index (χ3n) is 4.75. The fourth-order valence-electron chi connectivity index (χ4n) is 3.13. The second-order valence-corrected chi connectivity index (χ2v) is 7.14. The first-order valence-electron chi connectivity index (χ1n) is 9.45. The Hall–Kier alpha value is -3.66. The van der Waals surface area contributed by atoms with E-state index < -0.39 is 5.91 Å². The number of aromatic nitrogens is 4. The van der Waals surface area contributed by atoms with Crippen LogP contribution in [0.5, 0.6) is 11.5 Å². The van der Waals surface area contributed by atoms with Gasteiger partial charge in [-0.3, -0.25) is 14.2 Å². The zero-order valence-electron chi connectivity index (χ0n) is 16.6. The lowest BCUT2D eigenvalue weighted by Crippen LogP contribution is -2.30. The van der Waals surface area contributed by atoms with Gasteiger partial charge >= 0.3 is 0 Å². The highest BCUT2D eigenvalue weighted by atomic mass is 35.5. The predicted molar refractivity (Wildman–Crippen MR) is 113 cm³/mol. The first-order chi connectivity index (χ1) is 15.0. The summed E-state index contributed by atoms with van der Waals surface area (Å²) < 4.78 is 12.5. The fraction of sp³-hybridized carbons (Fsp3) is 0.250. The average Bonchev–Trinajstić information content (AvgIpc) is 2.79. The van der Waals surface area contributed by atoms with Crippen molar-refractivity contribution in [1.82, 2.24) is 24.8 Å². The SMILES string of the molecule is Cn1c(CCNC(=O)c2cc(Cl)c(N)c3c2OCCO3)nc(-c2ccncn2)cc1=O. The normalized spacial score (nSPS) is 12.5. The highest BCUT2D eigenvalue weighted by Crippen LogP contribution is 2.43. The molecule has 1 aromatic carbocycles. The molecule has 10 nitrogen and oxygen atoms in total. The molecule has 0 saturated heterocycles. The molecule has 0 atom stereocenters. The summed E-state index contributed by atoms with van der Waals surface area (Å²) in [5.74, 6) is 0.631. The number of nitrogen functional groups attached to an aromatic ring is 1. The summed E-state index contributed by atoms with van der Waals surface area (Å²) in [5, 5.41) is 3.00. The van der Waals surface area contributed by atoms with Gasteiger partial charge in [0.25, 0.3) is 11.5 Å². The Kier molecular flexibility index (Phi) is 5.72. The molecular formula is C20H19ClN6O4. The van der Waals surface area contributed by atoms with Crippen LogP contribution < -0.4 is 26.1 Å². The van der Waals surface area contributed by atoms with E-state index in [4.69, 9.17) is 26.8 Å². The van der Waals surface area contributed by atoms with Crippen molar-refractivity contribution in [3.8, 4) is 22.9 Å². The monoisotopic (exact) mass is 442 g/mol. The predicted octanol–water partition coefficient (Wildman–Crippen LogP) is 1.22. The van der Waals surface area contributed by atoms with Gasteiger partial charge in [0.05, 0.1) is 27.7 Å². The average molecular weight is 443 g/mol. The third kappa shape index (κ3) is 4.15. The number of carbonyl (C=O) groups excluding carboxylic acids is 1. The van der Waals surface area contributed by atoms with Crippen LogP contribution in [0, 0.1) is 0 Å². The smallest absolute Gasteiger partial charge is 0.255 e. The van der Waals surface area contributed by atoms with Crippen molar-refractivity contribution in [2.24, 2.45) is 7.05 Å². The van der Waals surface area contributed by atoms with E-state index in [1.165, 1.54) is 23.0 Å². The van der Waals surface area contributed by atoms with Gasteiger partial charge in [-0.25, -0.2) is 15.0 Å². The second kappa shape index (κ2) is 8.60.